The van der Waals surface area contributed by atoms with Crippen LogP contribution in [0.25, 0.3) is 0 Å². The van der Waals surface area contributed by atoms with E-state index in [1.54, 1.807) is 108 Å². The monoisotopic (exact) mass is 1230 g/mol. The molecular formula is C61H95N9O17. The maximum absolute atomic E-state index is 12.7. The lowest BCUT2D eigenvalue weighted by atomic mass is 10.1. The molecule has 486 valence electrons. The number of ether oxygens (including phenoxy) is 4. The topological polar surface area (TPSA) is 370 Å². The van der Waals surface area contributed by atoms with E-state index < -0.39 is 53.4 Å². The third kappa shape index (κ3) is 29.8. The first-order valence-electron chi connectivity index (χ1n) is 26.8. The van der Waals surface area contributed by atoms with Crippen LogP contribution in [0.5, 0.6) is 0 Å². The number of amides is 7. The highest BCUT2D eigenvalue weighted by Gasteiger charge is 2.42. The lowest BCUT2D eigenvalue weighted by Crippen LogP contribution is -2.43. The molecule has 3 aromatic carbocycles. The Bertz CT molecular complexity index is 2650. The van der Waals surface area contributed by atoms with Gasteiger partial charge in [-0.15, -0.1) is 0 Å². The second-order valence-electron chi connectivity index (χ2n) is 21.1. The number of aliphatic carboxylic acids is 2. The number of nitrogens with zero attached hydrogens (tertiary/aromatic N) is 2. The van der Waals surface area contributed by atoms with Gasteiger partial charge in [0.2, 0.25) is 11.8 Å². The predicted molar refractivity (Wildman–Crippen MR) is 327 cm³/mol. The molecule has 3 aliphatic rings. The van der Waals surface area contributed by atoms with Crippen molar-refractivity contribution in [1.29, 1.82) is 0 Å². The average molecular weight is 1230 g/mol. The normalized spacial score (nSPS) is 17.9. The maximum atomic E-state index is 12.7. The zero-order valence-corrected chi connectivity index (χ0v) is 48.1. The number of carbonyl (C=O) groups excluding carboxylic acids is 9. The van der Waals surface area contributed by atoms with Crippen LogP contribution < -0.4 is 37.6 Å². The summed E-state index contributed by atoms with van der Waals surface area (Å²) in [7, 11) is 2.62. The van der Waals surface area contributed by atoms with Crippen LogP contribution in [0, 0.1) is 0 Å². The van der Waals surface area contributed by atoms with Gasteiger partial charge in [0, 0.05) is 99.8 Å². The molecule has 0 spiro atoms. The Labute approximate surface area is 511 Å². The van der Waals surface area contributed by atoms with Gasteiger partial charge in [-0.3, -0.25) is 33.6 Å². The molecule has 3 aromatic rings. The van der Waals surface area contributed by atoms with E-state index in [1.807, 2.05) is 24.3 Å². The number of likely N-dealkylation sites (tertiary alicyclic amines) is 2. The number of hydrogen-bond acceptors (Lipinski definition) is 17. The molecule has 87 heavy (non-hydrogen) atoms. The van der Waals surface area contributed by atoms with Crippen LogP contribution in [0.2, 0.25) is 0 Å². The highest BCUT2D eigenvalue weighted by atomic mass is 16.6. The van der Waals surface area contributed by atoms with Crippen molar-refractivity contribution in [2.24, 2.45) is 5.73 Å². The number of rotatable bonds is 17. The van der Waals surface area contributed by atoms with Crippen molar-refractivity contribution >= 4 is 65.6 Å². The molecule has 0 aliphatic carbocycles. The van der Waals surface area contributed by atoms with E-state index in [2.05, 4.69) is 36.6 Å². The number of carboxylic acids is 2. The van der Waals surface area contributed by atoms with Crippen molar-refractivity contribution in [3.05, 3.63) is 108 Å². The first kappa shape index (κ1) is 80.4. The van der Waals surface area contributed by atoms with Crippen molar-refractivity contribution in [2.75, 3.05) is 53.5 Å². The summed E-state index contributed by atoms with van der Waals surface area (Å²) in [5, 5.41) is 33.9. The summed E-state index contributed by atoms with van der Waals surface area (Å²) in [5.74, 6) is -4.13. The summed E-state index contributed by atoms with van der Waals surface area (Å²) < 4.78 is 19.5. The minimum absolute atomic E-state index is 0. The average Bonchev–Trinajstić information content (AvgIpc) is 2.71. The quantitative estimate of drug-likeness (QED) is 0.0623. The van der Waals surface area contributed by atoms with E-state index in [0.717, 1.165) is 0 Å². The largest absolute Gasteiger partial charge is 0.481 e. The van der Waals surface area contributed by atoms with Crippen LogP contribution in [-0.4, -0.2) is 187 Å². The van der Waals surface area contributed by atoms with E-state index in [0.29, 0.717) is 29.7 Å². The van der Waals surface area contributed by atoms with E-state index in [-0.39, 0.29) is 154 Å². The van der Waals surface area contributed by atoms with Crippen LogP contribution in [0.15, 0.2) is 91.0 Å². The van der Waals surface area contributed by atoms with Gasteiger partial charge in [-0.2, -0.15) is 0 Å². The van der Waals surface area contributed by atoms with Crippen LogP contribution >= 0.6 is 0 Å². The smallest absolute Gasteiger partial charge is 0.407 e. The first-order chi connectivity index (χ1) is 39.1. The summed E-state index contributed by atoms with van der Waals surface area (Å²) in [6, 6.07) is 23.6. The summed E-state index contributed by atoms with van der Waals surface area (Å²) in [6.45, 7) is 11.7. The van der Waals surface area contributed by atoms with Crippen molar-refractivity contribution < 1.29 is 81.9 Å². The molecule has 0 radical (unpaired) electrons. The van der Waals surface area contributed by atoms with E-state index in [1.165, 1.54) is 24.0 Å². The van der Waals surface area contributed by atoms with Crippen molar-refractivity contribution in [3.63, 3.8) is 0 Å². The Morgan fingerprint density at radius 3 is 1.26 bits per heavy atom. The first-order valence-corrected chi connectivity index (χ1v) is 26.8. The van der Waals surface area contributed by atoms with Crippen LogP contribution in [0.4, 0.5) is 9.59 Å². The molecule has 3 saturated heterocycles. The number of methoxy groups -OCH3 is 2. The number of esters is 2. The van der Waals surface area contributed by atoms with Crippen molar-refractivity contribution in [2.45, 2.75) is 157 Å². The second-order valence-corrected chi connectivity index (χ2v) is 21.1. The molecule has 26 heteroatoms. The standard InChI is InChI=1S/C21H29N3O6.C15H19N3O4.C13H16N2O3.C8H15NO4.4CH4/c1-21(2,3)30-20(28)22-11-10-17(25)24-13-15(12-16(24)19(27)29-4)23-18(26)14-8-6-5-7-9-14;16-7-6-13(19)18-9-11(8-12(18)15(21)22)17-14(20)10-4-2-1-3-5-10;1-18-13(17)11-7-10(8-14-11)15-12(16)9-5-3-2-4-6-9;1-8(2,3)13-7(12)9-5-4-6(10)11;;;;/h5-9,15-16H,10-13H2,1-4H3,(H,22,28)(H,23,26);1-5,11-12H,6-9,16H2,(H,17,20)(H,21,22);2-6,10-11,14H,7-8H2,1H3,(H,15,16);4-5H2,1-3H3,(H,9,12)(H,10,11);4*1H4/t15-,16+;11-,12+;10-,11+;;;;;/m111...../s1. The highest BCUT2D eigenvalue weighted by Crippen LogP contribution is 2.22. The number of carbonyl (C=O) groups is 11. The summed E-state index contributed by atoms with van der Waals surface area (Å²) in [4.78, 5) is 131. The van der Waals surface area contributed by atoms with E-state index >= 15 is 0 Å². The molecule has 0 saturated carbocycles. The van der Waals surface area contributed by atoms with Crippen LogP contribution in [-0.2, 0) is 47.7 Å². The molecular weight excluding hydrogens is 1130 g/mol. The fraction of sp³-hybridized carbons (Fsp3) is 0.525. The van der Waals surface area contributed by atoms with Gasteiger partial charge in [-0.25, -0.2) is 19.2 Å². The van der Waals surface area contributed by atoms with Crippen LogP contribution in [0.3, 0.4) is 0 Å². The van der Waals surface area contributed by atoms with Gasteiger partial charge in [-0.1, -0.05) is 84.3 Å². The molecule has 3 heterocycles. The number of nitrogens with two attached hydrogens (primary N) is 1. The molecule has 26 nitrogen and oxygen atoms in total. The third-order valence-electron chi connectivity index (χ3n) is 12.1. The SMILES string of the molecule is C.C.C.C.CC(C)(C)OC(=O)NCCC(=O)O.COC(=O)[C@@H]1C[C@@H](NC(=O)c2ccccc2)CN1.COC(=O)[C@@H]1C[C@@H](NC(=O)c2ccccc2)CN1C(=O)CCNC(=O)OC(C)(C)C.NCCC(=O)N1C[C@H](NC(=O)c2ccccc2)C[C@H]1C(=O)O. The van der Waals surface area contributed by atoms with Crippen molar-refractivity contribution in [1.82, 2.24) is 41.7 Å². The summed E-state index contributed by atoms with van der Waals surface area (Å²) in [6.07, 6.45) is -0.191. The lowest BCUT2D eigenvalue weighted by Gasteiger charge is -2.23. The van der Waals surface area contributed by atoms with Gasteiger partial charge >= 0.3 is 36.1 Å². The Kier molecular flexibility index (Phi) is 36.8. The fourth-order valence-electron chi connectivity index (χ4n) is 8.35. The Balaban J connectivity index is 0. The van der Waals surface area contributed by atoms with Gasteiger partial charge < -0.3 is 76.6 Å². The molecule has 10 N–H and O–H groups in total. The molecule has 0 unspecified atom stereocenters. The lowest BCUT2D eigenvalue weighted by molar-refractivity contribution is -0.150. The Hall–Kier alpha value is -8.65. The Morgan fingerprint density at radius 2 is 0.897 bits per heavy atom. The highest BCUT2D eigenvalue weighted by molar-refractivity contribution is 5.96. The minimum Gasteiger partial charge on any atom is -0.481 e. The molecule has 3 fully saturated rings. The maximum Gasteiger partial charge on any atom is 0.407 e. The van der Waals surface area contributed by atoms with E-state index in [9.17, 15) is 57.8 Å². The zero-order chi connectivity index (χ0) is 61.9. The number of carboxylic acid groups (broad SMARTS) is 2. The number of hydrogen-bond donors (Lipinski definition) is 9. The van der Waals surface area contributed by atoms with E-state index in [4.69, 9.17) is 25.1 Å². The van der Waals surface area contributed by atoms with Crippen molar-refractivity contribution in [3.8, 4) is 0 Å². The van der Waals surface area contributed by atoms with Gasteiger partial charge in [0.25, 0.3) is 17.7 Å². The summed E-state index contributed by atoms with van der Waals surface area (Å²) in [5.41, 5.74) is 5.78. The molecule has 6 rings (SSSR count). The van der Waals surface area contributed by atoms with Gasteiger partial charge in [0.15, 0.2) is 0 Å². The molecule has 0 bridgehead atoms. The second kappa shape index (κ2) is 39.9. The predicted octanol–water partition coefficient (Wildman–Crippen LogP) is 5.14. The van der Waals surface area contributed by atoms with Gasteiger partial charge in [0.1, 0.15) is 29.3 Å². The van der Waals surface area contributed by atoms with Gasteiger partial charge in [-0.05, 0) is 84.4 Å². The number of nitrogens with one attached hydrogen (secondary N) is 6. The minimum atomic E-state index is -1.07. The fourth-order valence-corrected chi connectivity index (χ4v) is 8.35. The van der Waals surface area contributed by atoms with Crippen LogP contribution in [0.1, 0.15) is 141 Å². The summed E-state index contributed by atoms with van der Waals surface area (Å²) >= 11 is 0. The zero-order valence-electron chi connectivity index (χ0n) is 48.1. The molecule has 3 aliphatic heterocycles. The molecule has 6 atom stereocenters. The molecule has 0 aromatic heterocycles. The Morgan fingerprint density at radius 1 is 0.529 bits per heavy atom. The molecule has 7 amide bonds. The third-order valence-corrected chi connectivity index (χ3v) is 12.1. The van der Waals surface area contributed by atoms with Gasteiger partial charge in [0.05, 0.1) is 20.6 Å². The number of benzene rings is 3. The number of alkyl carbamates (subject to hydrolysis) is 2.